The smallest absolute Gasteiger partial charge is 0.140 e. The van der Waals surface area contributed by atoms with Crippen LogP contribution < -0.4 is 9.38 Å². The van der Waals surface area contributed by atoms with Crippen LogP contribution in [0.1, 0.15) is 0 Å². The second-order valence-electron chi connectivity index (χ2n) is 4.18. The SMILES string of the molecule is COc1ccc([N+](C)(C)[O-])c2ccccc12. The van der Waals surface area contributed by atoms with Crippen molar-refractivity contribution in [1.29, 1.82) is 0 Å². The van der Waals surface area contributed by atoms with Crippen molar-refractivity contribution in [1.82, 2.24) is 4.65 Å². The van der Waals surface area contributed by atoms with Crippen molar-refractivity contribution in [3.05, 3.63) is 41.6 Å². The van der Waals surface area contributed by atoms with Crippen LogP contribution in [0.25, 0.3) is 10.8 Å². The monoisotopic (exact) mass is 217 g/mol. The van der Waals surface area contributed by atoms with E-state index in [0.29, 0.717) is 0 Å². The molecule has 3 heteroatoms. The molecule has 0 fully saturated rings. The van der Waals surface area contributed by atoms with E-state index in [0.717, 1.165) is 22.2 Å². The van der Waals surface area contributed by atoms with Gasteiger partial charge in [0.05, 0.1) is 21.2 Å². The van der Waals surface area contributed by atoms with E-state index in [4.69, 9.17) is 4.74 Å². The summed E-state index contributed by atoms with van der Waals surface area (Å²) in [5.74, 6) is 0.799. The van der Waals surface area contributed by atoms with Gasteiger partial charge >= 0.3 is 0 Å². The minimum Gasteiger partial charge on any atom is -0.628 e. The maximum atomic E-state index is 12.0. The second kappa shape index (κ2) is 3.77. The molecule has 0 aliphatic carbocycles. The molecule has 0 aliphatic rings. The lowest BCUT2D eigenvalue weighted by Crippen LogP contribution is -2.32. The van der Waals surface area contributed by atoms with E-state index in [-0.39, 0.29) is 0 Å². The first-order chi connectivity index (χ1) is 7.54. The summed E-state index contributed by atoms with van der Waals surface area (Å²) in [6.07, 6.45) is 0. The molecule has 16 heavy (non-hydrogen) atoms. The summed E-state index contributed by atoms with van der Waals surface area (Å²) in [7, 11) is 4.88. The molecule has 0 radical (unpaired) electrons. The molecule has 3 nitrogen and oxygen atoms in total. The average molecular weight is 217 g/mol. The number of hydrogen-bond donors (Lipinski definition) is 0. The number of benzene rings is 2. The zero-order valence-corrected chi connectivity index (χ0v) is 9.73. The lowest BCUT2D eigenvalue weighted by Gasteiger charge is -2.34. The molecule has 2 aromatic rings. The van der Waals surface area contributed by atoms with Gasteiger partial charge < -0.3 is 14.6 Å². The molecule has 0 atom stereocenters. The van der Waals surface area contributed by atoms with Crippen LogP contribution in [-0.2, 0) is 0 Å². The summed E-state index contributed by atoms with van der Waals surface area (Å²) >= 11 is 0. The van der Waals surface area contributed by atoms with E-state index in [1.807, 2.05) is 36.4 Å². The molecule has 0 aromatic heterocycles. The maximum Gasteiger partial charge on any atom is 0.140 e. The first kappa shape index (κ1) is 10.9. The van der Waals surface area contributed by atoms with Gasteiger partial charge in [-0.25, -0.2) is 0 Å². The highest BCUT2D eigenvalue weighted by Crippen LogP contribution is 2.34. The maximum absolute atomic E-state index is 12.0. The molecular formula is C13H15NO2. The lowest BCUT2D eigenvalue weighted by molar-refractivity contribution is 0.419. The number of ether oxygens (including phenoxy) is 1. The Kier molecular flexibility index (Phi) is 2.58. The molecular weight excluding hydrogens is 202 g/mol. The van der Waals surface area contributed by atoms with Crippen LogP contribution in [0.5, 0.6) is 5.75 Å². The van der Waals surface area contributed by atoms with Gasteiger partial charge in [0.15, 0.2) is 0 Å². The highest BCUT2D eigenvalue weighted by molar-refractivity contribution is 5.97. The standard InChI is InChI=1S/C13H15NO2/c1-14(2,15)12-8-9-13(16-3)11-7-5-4-6-10(11)12/h4-9H,1-3H3. The Morgan fingerprint density at radius 1 is 1.00 bits per heavy atom. The molecule has 2 aromatic carbocycles. The van der Waals surface area contributed by atoms with Crippen molar-refractivity contribution in [3.8, 4) is 5.75 Å². The van der Waals surface area contributed by atoms with Crippen LogP contribution in [0.3, 0.4) is 0 Å². The van der Waals surface area contributed by atoms with Gasteiger partial charge in [-0.3, -0.25) is 0 Å². The minimum absolute atomic E-state index is 0.440. The summed E-state index contributed by atoms with van der Waals surface area (Å²) in [4.78, 5) is 0. The third-order valence-corrected chi connectivity index (χ3v) is 2.66. The van der Waals surface area contributed by atoms with E-state index in [9.17, 15) is 5.21 Å². The number of quaternary nitrogens is 1. The highest BCUT2D eigenvalue weighted by Gasteiger charge is 2.14. The van der Waals surface area contributed by atoms with E-state index >= 15 is 0 Å². The van der Waals surface area contributed by atoms with Crippen molar-refractivity contribution >= 4 is 16.5 Å². The van der Waals surface area contributed by atoms with Crippen LogP contribution in [0, 0.1) is 5.21 Å². The number of hydrogen-bond acceptors (Lipinski definition) is 2. The predicted octanol–water partition coefficient (Wildman–Crippen LogP) is 2.91. The molecule has 0 aliphatic heterocycles. The number of nitrogens with zero attached hydrogens (tertiary/aromatic N) is 1. The van der Waals surface area contributed by atoms with Crippen LogP contribution in [0.2, 0.25) is 0 Å². The first-order valence-electron chi connectivity index (χ1n) is 5.15. The first-order valence-corrected chi connectivity index (χ1v) is 5.15. The molecule has 0 spiro atoms. The predicted molar refractivity (Wildman–Crippen MR) is 67.5 cm³/mol. The van der Waals surface area contributed by atoms with E-state index < -0.39 is 4.65 Å². The fourth-order valence-electron chi connectivity index (χ4n) is 1.90. The van der Waals surface area contributed by atoms with Gasteiger partial charge in [0.1, 0.15) is 11.4 Å². The van der Waals surface area contributed by atoms with E-state index in [1.165, 1.54) is 0 Å². The Morgan fingerprint density at radius 2 is 1.62 bits per heavy atom. The van der Waals surface area contributed by atoms with Gasteiger partial charge in [-0.1, -0.05) is 18.2 Å². The minimum atomic E-state index is -0.440. The largest absolute Gasteiger partial charge is 0.628 e. The molecule has 0 amide bonds. The zero-order chi connectivity index (χ0) is 11.8. The second-order valence-corrected chi connectivity index (χ2v) is 4.18. The van der Waals surface area contributed by atoms with Crippen molar-refractivity contribution in [3.63, 3.8) is 0 Å². The fourth-order valence-corrected chi connectivity index (χ4v) is 1.90. The summed E-state index contributed by atoms with van der Waals surface area (Å²) in [5.41, 5.74) is 0.747. The van der Waals surface area contributed by atoms with Crippen LogP contribution in [0.4, 0.5) is 5.69 Å². The molecule has 0 saturated carbocycles. The molecule has 0 saturated heterocycles. The zero-order valence-electron chi connectivity index (χ0n) is 9.73. The Labute approximate surface area is 95.0 Å². The summed E-state index contributed by atoms with van der Waals surface area (Å²) in [5, 5.41) is 13.9. The van der Waals surface area contributed by atoms with Crippen LogP contribution >= 0.6 is 0 Å². The lowest BCUT2D eigenvalue weighted by atomic mass is 10.1. The summed E-state index contributed by atoms with van der Waals surface area (Å²) in [6.45, 7) is 0. The van der Waals surface area contributed by atoms with E-state index in [2.05, 4.69) is 0 Å². The quantitative estimate of drug-likeness (QED) is 0.572. The van der Waals surface area contributed by atoms with Gasteiger partial charge in [-0.2, -0.15) is 0 Å². The fraction of sp³-hybridized carbons (Fsp3) is 0.231. The third kappa shape index (κ3) is 1.75. The Hall–Kier alpha value is -1.58. The molecule has 0 N–H and O–H groups in total. The number of methoxy groups -OCH3 is 1. The summed E-state index contributed by atoms with van der Waals surface area (Å²) in [6, 6.07) is 11.5. The van der Waals surface area contributed by atoms with Crippen molar-refractivity contribution in [2.45, 2.75) is 0 Å². The van der Waals surface area contributed by atoms with Crippen LogP contribution in [0.15, 0.2) is 36.4 Å². The van der Waals surface area contributed by atoms with Crippen molar-refractivity contribution < 1.29 is 4.74 Å². The van der Waals surface area contributed by atoms with Gasteiger partial charge in [0.25, 0.3) is 0 Å². The van der Waals surface area contributed by atoms with Gasteiger partial charge in [-0.15, -0.1) is 0 Å². The van der Waals surface area contributed by atoms with Gasteiger partial charge in [-0.05, 0) is 12.1 Å². The topological polar surface area (TPSA) is 32.3 Å². The Bertz CT molecular complexity index is 515. The van der Waals surface area contributed by atoms with Crippen molar-refractivity contribution in [2.24, 2.45) is 0 Å². The molecule has 2 rings (SSSR count). The Morgan fingerprint density at radius 3 is 2.19 bits per heavy atom. The van der Waals surface area contributed by atoms with E-state index in [1.54, 1.807) is 21.2 Å². The number of rotatable bonds is 2. The molecule has 0 unspecified atom stereocenters. The number of hydroxylamine groups is 2. The summed E-state index contributed by atoms with van der Waals surface area (Å²) < 4.78 is 4.85. The normalized spacial score (nSPS) is 11.8. The average Bonchev–Trinajstić information content (AvgIpc) is 2.26. The van der Waals surface area contributed by atoms with Crippen molar-refractivity contribution in [2.75, 3.05) is 21.2 Å². The Balaban J connectivity index is 2.80. The molecule has 84 valence electrons. The number of fused-ring (bicyclic) bond motifs is 1. The molecule has 0 heterocycles. The third-order valence-electron chi connectivity index (χ3n) is 2.66. The van der Waals surface area contributed by atoms with Gasteiger partial charge in [0, 0.05) is 16.8 Å². The highest BCUT2D eigenvalue weighted by atomic mass is 16.5. The molecule has 0 bridgehead atoms. The van der Waals surface area contributed by atoms with Crippen LogP contribution in [-0.4, -0.2) is 21.2 Å². The van der Waals surface area contributed by atoms with Gasteiger partial charge in [0.2, 0.25) is 0 Å².